The van der Waals surface area contributed by atoms with Crippen molar-refractivity contribution in [2.45, 2.75) is 12.6 Å². The minimum atomic E-state index is -4.73. The molecule has 1 aromatic heterocycles. The molecule has 1 heterocycles. The highest BCUT2D eigenvalue weighted by atomic mass is 35.5. The summed E-state index contributed by atoms with van der Waals surface area (Å²) < 4.78 is 60.7. The molecule has 0 saturated carbocycles. The lowest BCUT2D eigenvalue weighted by Gasteiger charge is -2.12. The summed E-state index contributed by atoms with van der Waals surface area (Å²) in [5.41, 5.74) is -1.24. The molecule has 0 fully saturated rings. The van der Waals surface area contributed by atoms with Gasteiger partial charge in [-0.2, -0.15) is 13.2 Å². The second-order valence-corrected chi connectivity index (χ2v) is 3.01. The Hall–Kier alpha value is -1.18. The van der Waals surface area contributed by atoms with E-state index in [0.29, 0.717) is 6.20 Å². The van der Waals surface area contributed by atoms with E-state index in [-0.39, 0.29) is 0 Å². The van der Waals surface area contributed by atoms with Crippen molar-refractivity contribution in [1.82, 2.24) is 9.97 Å². The largest absolute Gasteiger partial charge is 0.421 e. The minimum Gasteiger partial charge on any atom is -0.364 e. The first kappa shape index (κ1) is 12.9. The molecule has 0 amide bonds. The van der Waals surface area contributed by atoms with Crippen LogP contribution in [0.3, 0.4) is 0 Å². The molecule has 0 aliphatic heterocycles. The van der Waals surface area contributed by atoms with Crippen molar-refractivity contribution in [3.8, 4) is 0 Å². The van der Waals surface area contributed by atoms with Gasteiger partial charge in [-0.05, 0) is 11.6 Å². The SMILES string of the molecule is FC(F)CNc1nc(Cl)ncc1C(F)(F)F. The van der Waals surface area contributed by atoms with Crippen LogP contribution in [0.5, 0.6) is 0 Å². The van der Waals surface area contributed by atoms with Crippen LogP contribution in [0.25, 0.3) is 0 Å². The number of nitrogens with zero attached hydrogens (tertiary/aromatic N) is 2. The molecule has 0 unspecified atom stereocenters. The van der Waals surface area contributed by atoms with Gasteiger partial charge in [0.1, 0.15) is 11.4 Å². The van der Waals surface area contributed by atoms with E-state index in [9.17, 15) is 22.0 Å². The maximum atomic E-state index is 12.4. The van der Waals surface area contributed by atoms with E-state index in [1.165, 1.54) is 0 Å². The number of aromatic nitrogens is 2. The van der Waals surface area contributed by atoms with E-state index >= 15 is 0 Å². The predicted octanol–water partition coefficient (Wildman–Crippen LogP) is 2.83. The highest BCUT2D eigenvalue weighted by Crippen LogP contribution is 2.33. The first-order chi connectivity index (χ1) is 7.30. The van der Waals surface area contributed by atoms with Crippen LogP contribution in [0, 0.1) is 0 Å². The lowest BCUT2D eigenvalue weighted by atomic mass is 10.3. The topological polar surface area (TPSA) is 37.8 Å². The number of nitrogens with one attached hydrogen (secondary N) is 1. The number of hydrogen-bond acceptors (Lipinski definition) is 3. The second-order valence-electron chi connectivity index (χ2n) is 2.67. The number of alkyl halides is 5. The third kappa shape index (κ3) is 3.44. The monoisotopic (exact) mass is 261 g/mol. The second kappa shape index (κ2) is 4.77. The predicted molar refractivity (Wildman–Crippen MR) is 46.5 cm³/mol. The lowest BCUT2D eigenvalue weighted by molar-refractivity contribution is -0.137. The molecule has 16 heavy (non-hydrogen) atoms. The van der Waals surface area contributed by atoms with Crippen LogP contribution in [0.15, 0.2) is 6.20 Å². The molecule has 0 aromatic carbocycles. The van der Waals surface area contributed by atoms with Crippen LogP contribution in [0.1, 0.15) is 5.56 Å². The van der Waals surface area contributed by atoms with Crippen LogP contribution in [-0.2, 0) is 6.18 Å². The Bertz CT molecular complexity index is 368. The average Bonchev–Trinajstić information content (AvgIpc) is 2.12. The van der Waals surface area contributed by atoms with Gasteiger partial charge in [0.25, 0.3) is 6.43 Å². The molecule has 0 atom stereocenters. The Balaban J connectivity index is 2.99. The molecule has 1 N–H and O–H groups in total. The summed E-state index contributed by atoms with van der Waals surface area (Å²) in [5.74, 6) is -0.757. The summed E-state index contributed by atoms with van der Waals surface area (Å²) in [4.78, 5) is 6.34. The van der Waals surface area contributed by atoms with Crippen LogP contribution in [0.4, 0.5) is 27.8 Å². The van der Waals surface area contributed by atoms with Crippen molar-refractivity contribution in [2.75, 3.05) is 11.9 Å². The van der Waals surface area contributed by atoms with Gasteiger partial charge >= 0.3 is 6.18 Å². The van der Waals surface area contributed by atoms with Gasteiger partial charge in [0.2, 0.25) is 5.28 Å². The zero-order valence-corrected chi connectivity index (χ0v) is 8.28. The van der Waals surface area contributed by atoms with Gasteiger partial charge in [-0.25, -0.2) is 18.7 Å². The molecule has 1 aromatic rings. The van der Waals surface area contributed by atoms with Crippen LogP contribution in [0.2, 0.25) is 5.28 Å². The lowest BCUT2D eigenvalue weighted by Crippen LogP contribution is -2.17. The highest BCUT2D eigenvalue weighted by Gasteiger charge is 2.35. The van der Waals surface area contributed by atoms with Gasteiger partial charge in [-0.3, -0.25) is 0 Å². The fourth-order valence-electron chi connectivity index (χ4n) is 0.876. The van der Waals surface area contributed by atoms with E-state index in [2.05, 4.69) is 9.97 Å². The van der Waals surface area contributed by atoms with Gasteiger partial charge < -0.3 is 5.32 Å². The van der Waals surface area contributed by atoms with E-state index < -0.39 is 35.8 Å². The van der Waals surface area contributed by atoms with E-state index in [1.54, 1.807) is 0 Å². The summed E-state index contributed by atoms with van der Waals surface area (Å²) in [6.45, 7) is -0.948. The number of rotatable bonds is 3. The van der Waals surface area contributed by atoms with E-state index in [0.717, 1.165) is 0 Å². The molecule has 9 heteroatoms. The van der Waals surface area contributed by atoms with Crippen molar-refractivity contribution in [1.29, 1.82) is 0 Å². The van der Waals surface area contributed by atoms with Crippen molar-refractivity contribution in [3.63, 3.8) is 0 Å². The molecule has 90 valence electrons. The van der Waals surface area contributed by atoms with Crippen LogP contribution >= 0.6 is 11.6 Å². The average molecular weight is 262 g/mol. The smallest absolute Gasteiger partial charge is 0.364 e. The summed E-state index contributed by atoms with van der Waals surface area (Å²) >= 11 is 5.27. The molecule has 0 aliphatic rings. The number of halogens is 6. The first-order valence-electron chi connectivity index (χ1n) is 3.92. The van der Waals surface area contributed by atoms with Gasteiger partial charge in [0, 0.05) is 6.20 Å². The molecular weight excluding hydrogens is 257 g/mol. The summed E-state index contributed by atoms with van der Waals surface area (Å²) in [6.07, 6.45) is -7.09. The van der Waals surface area contributed by atoms with E-state index in [1.807, 2.05) is 5.32 Å². The van der Waals surface area contributed by atoms with Crippen molar-refractivity contribution >= 4 is 17.4 Å². The van der Waals surface area contributed by atoms with Gasteiger partial charge in [0.15, 0.2) is 0 Å². The zero-order valence-electron chi connectivity index (χ0n) is 7.52. The summed E-state index contributed by atoms with van der Waals surface area (Å²) in [6, 6.07) is 0. The Morgan fingerprint density at radius 2 is 2.00 bits per heavy atom. The molecule has 0 radical (unpaired) electrons. The quantitative estimate of drug-likeness (QED) is 0.672. The fraction of sp³-hybridized carbons (Fsp3) is 0.429. The standard InChI is InChI=1S/C7H5ClF5N3/c8-6-15-1-3(7(11,12)13)5(16-6)14-2-4(9)10/h1,4H,2H2,(H,14,15,16). The van der Waals surface area contributed by atoms with E-state index in [4.69, 9.17) is 11.6 Å². The third-order valence-electron chi connectivity index (χ3n) is 1.49. The Morgan fingerprint density at radius 1 is 1.38 bits per heavy atom. The molecule has 3 nitrogen and oxygen atoms in total. The molecule has 1 rings (SSSR count). The van der Waals surface area contributed by atoms with Gasteiger partial charge in [-0.1, -0.05) is 0 Å². The zero-order chi connectivity index (χ0) is 12.3. The van der Waals surface area contributed by atoms with Crippen molar-refractivity contribution in [3.05, 3.63) is 17.0 Å². The van der Waals surface area contributed by atoms with Crippen molar-refractivity contribution in [2.24, 2.45) is 0 Å². The normalized spacial score (nSPS) is 11.9. The Labute approximate surface area is 91.6 Å². The highest BCUT2D eigenvalue weighted by molar-refractivity contribution is 6.28. The van der Waals surface area contributed by atoms with Gasteiger partial charge in [0.05, 0.1) is 6.54 Å². The molecule has 0 aliphatic carbocycles. The first-order valence-corrected chi connectivity index (χ1v) is 4.30. The molecule has 0 spiro atoms. The van der Waals surface area contributed by atoms with Gasteiger partial charge in [-0.15, -0.1) is 0 Å². The van der Waals surface area contributed by atoms with Crippen LogP contribution < -0.4 is 5.32 Å². The Morgan fingerprint density at radius 3 is 2.50 bits per heavy atom. The maximum absolute atomic E-state index is 12.4. The van der Waals surface area contributed by atoms with Crippen molar-refractivity contribution < 1.29 is 22.0 Å². The number of anilines is 1. The number of hydrogen-bond donors (Lipinski definition) is 1. The minimum absolute atomic E-state index is 0.434. The van der Waals surface area contributed by atoms with Crippen LogP contribution in [-0.4, -0.2) is 22.9 Å². The maximum Gasteiger partial charge on any atom is 0.421 e. The molecule has 0 saturated heterocycles. The third-order valence-corrected chi connectivity index (χ3v) is 1.67. The molecule has 0 bridgehead atoms. The Kier molecular flexibility index (Phi) is 3.84. The summed E-state index contributed by atoms with van der Waals surface area (Å²) in [7, 11) is 0. The fourth-order valence-corrected chi connectivity index (χ4v) is 1.01. The summed E-state index contributed by atoms with van der Waals surface area (Å²) in [5, 5.41) is 1.40. The molecular formula is C7H5ClF5N3.